The lowest BCUT2D eigenvalue weighted by Crippen LogP contribution is -2.43. The smallest absolute Gasteiger partial charge is 0.234 e. The second kappa shape index (κ2) is 6.78. The molecular formula is C21H26N2O. The first-order chi connectivity index (χ1) is 11.5. The normalized spacial score (nSPS) is 18.0. The molecule has 0 radical (unpaired) electrons. The lowest BCUT2D eigenvalue weighted by atomic mass is 9.98. The van der Waals surface area contributed by atoms with Gasteiger partial charge in [0.05, 0.1) is 6.04 Å². The van der Waals surface area contributed by atoms with E-state index in [2.05, 4.69) is 62.1 Å². The molecule has 0 spiro atoms. The third kappa shape index (κ3) is 3.36. The van der Waals surface area contributed by atoms with E-state index >= 15 is 0 Å². The molecule has 2 aromatic rings. The number of carbonyl (C=O) groups is 1. The number of carbonyl (C=O) groups excluding carboxylic acids is 1. The van der Waals surface area contributed by atoms with Gasteiger partial charge in [0.25, 0.3) is 0 Å². The average molecular weight is 322 g/mol. The Morgan fingerprint density at radius 3 is 2.38 bits per heavy atom. The highest BCUT2D eigenvalue weighted by Gasteiger charge is 2.28. The largest absolute Gasteiger partial charge is 0.368 e. The van der Waals surface area contributed by atoms with Gasteiger partial charge in [0.2, 0.25) is 5.91 Å². The molecule has 1 aliphatic heterocycles. The summed E-state index contributed by atoms with van der Waals surface area (Å²) in [7, 11) is 0. The summed E-state index contributed by atoms with van der Waals surface area (Å²) < 4.78 is 0. The fourth-order valence-electron chi connectivity index (χ4n) is 3.91. The molecule has 1 atom stereocenters. The summed E-state index contributed by atoms with van der Waals surface area (Å²) in [6.45, 7) is 7.97. The molecule has 0 saturated heterocycles. The molecule has 1 amide bonds. The summed E-state index contributed by atoms with van der Waals surface area (Å²) in [4.78, 5) is 14.3. The lowest BCUT2D eigenvalue weighted by Gasteiger charge is -2.29. The van der Waals surface area contributed by atoms with Crippen molar-refractivity contribution in [3.63, 3.8) is 0 Å². The quantitative estimate of drug-likeness (QED) is 0.941. The van der Waals surface area contributed by atoms with E-state index in [1.54, 1.807) is 0 Å². The number of hydrogen-bond donors (Lipinski definition) is 1. The molecule has 0 bridgehead atoms. The number of primary amides is 1. The van der Waals surface area contributed by atoms with E-state index in [0.29, 0.717) is 0 Å². The van der Waals surface area contributed by atoms with Crippen LogP contribution in [-0.4, -0.2) is 16.8 Å². The second-order valence-electron chi connectivity index (χ2n) is 7.01. The topological polar surface area (TPSA) is 46.3 Å². The molecule has 126 valence electrons. The van der Waals surface area contributed by atoms with Crippen LogP contribution in [0.5, 0.6) is 0 Å². The van der Waals surface area contributed by atoms with E-state index in [1.165, 1.54) is 33.4 Å². The summed E-state index contributed by atoms with van der Waals surface area (Å²) in [6.07, 6.45) is 1.70. The number of nitrogens with two attached hydrogens (primary N) is 1. The highest BCUT2D eigenvalue weighted by atomic mass is 16.1. The van der Waals surface area contributed by atoms with Crippen molar-refractivity contribution in [3.8, 4) is 0 Å². The van der Waals surface area contributed by atoms with Gasteiger partial charge in [-0.1, -0.05) is 42.0 Å². The molecule has 3 rings (SSSR count). The van der Waals surface area contributed by atoms with Crippen LogP contribution < -0.4 is 5.73 Å². The number of hydrogen-bond acceptors (Lipinski definition) is 2. The number of fused-ring (bicyclic) bond motifs is 1. The van der Waals surface area contributed by atoms with Gasteiger partial charge >= 0.3 is 0 Å². The van der Waals surface area contributed by atoms with Gasteiger partial charge in [0, 0.05) is 13.1 Å². The van der Waals surface area contributed by atoms with E-state index in [0.717, 1.165) is 25.9 Å². The number of rotatable bonds is 3. The van der Waals surface area contributed by atoms with Crippen LogP contribution in [0.1, 0.15) is 39.8 Å². The molecule has 2 aromatic carbocycles. The zero-order chi connectivity index (χ0) is 17.3. The third-order valence-corrected chi connectivity index (χ3v) is 5.15. The third-order valence-electron chi connectivity index (χ3n) is 5.15. The van der Waals surface area contributed by atoms with Gasteiger partial charge < -0.3 is 5.73 Å². The van der Waals surface area contributed by atoms with Crippen LogP contribution in [0.15, 0.2) is 36.4 Å². The highest BCUT2D eigenvalue weighted by Crippen LogP contribution is 2.26. The molecule has 2 N–H and O–H groups in total. The van der Waals surface area contributed by atoms with Crippen molar-refractivity contribution >= 4 is 5.91 Å². The Morgan fingerprint density at radius 2 is 1.75 bits per heavy atom. The number of amides is 1. The predicted octanol–water partition coefficient (Wildman–Crippen LogP) is 3.41. The molecule has 1 aliphatic rings. The van der Waals surface area contributed by atoms with Gasteiger partial charge in [0.1, 0.15) is 0 Å². The fourth-order valence-corrected chi connectivity index (χ4v) is 3.91. The van der Waals surface area contributed by atoms with E-state index < -0.39 is 0 Å². The maximum Gasteiger partial charge on any atom is 0.234 e. The van der Waals surface area contributed by atoms with E-state index in [4.69, 9.17) is 5.73 Å². The summed E-state index contributed by atoms with van der Waals surface area (Å²) in [5.41, 5.74) is 13.5. The molecule has 0 saturated carbocycles. The minimum atomic E-state index is -0.217. The fraction of sp³-hybridized carbons (Fsp3) is 0.381. The molecule has 1 heterocycles. The zero-order valence-electron chi connectivity index (χ0n) is 14.8. The van der Waals surface area contributed by atoms with Gasteiger partial charge in [-0.05, 0) is 61.4 Å². The first-order valence-corrected chi connectivity index (χ1v) is 8.62. The standard InChI is InChI=1S/C21H26N2O/c1-14-10-15(2)19(16(3)11-14)13-23-12-18-7-5-4-6-17(18)8-9-20(23)21(22)24/h4-7,10-11,20H,8-9,12-13H2,1-3H3,(H2,22,24). The van der Waals surface area contributed by atoms with E-state index in [9.17, 15) is 4.79 Å². The first kappa shape index (κ1) is 16.7. The SMILES string of the molecule is Cc1cc(C)c(CN2Cc3ccccc3CCC2C(N)=O)c(C)c1. The minimum absolute atomic E-state index is 0.211. The number of nitrogens with zero attached hydrogens (tertiary/aromatic N) is 1. The summed E-state index contributed by atoms with van der Waals surface area (Å²) in [6, 6.07) is 12.7. The van der Waals surface area contributed by atoms with Crippen molar-refractivity contribution in [2.75, 3.05) is 0 Å². The van der Waals surface area contributed by atoms with Crippen LogP contribution in [0.25, 0.3) is 0 Å². The molecule has 0 aromatic heterocycles. The van der Waals surface area contributed by atoms with Crippen molar-refractivity contribution in [3.05, 3.63) is 69.8 Å². The molecular weight excluding hydrogens is 296 g/mol. The van der Waals surface area contributed by atoms with Gasteiger partial charge in [-0.25, -0.2) is 0 Å². The van der Waals surface area contributed by atoms with Gasteiger partial charge in [-0.15, -0.1) is 0 Å². The monoisotopic (exact) mass is 322 g/mol. The maximum atomic E-state index is 12.1. The Bertz CT molecular complexity index is 743. The maximum absolute atomic E-state index is 12.1. The molecule has 0 aliphatic carbocycles. The highest BCUT2D eigenvalue weighted by molar-refractivity contribution is 5.80. The summed E-state index contributed by atoms with van der Waals surface area (Å²) in [5, 5.41) is 0. The van der Waals surface area contributed by atoms with Crippen molar-refractivity contribution in [2.24, 2.45) is 5.73 Å². The lowest BCUT2D eigenvalue weighted by molar-refractivity contribution is -0.123. The van der Waals surface area contributed by atoms with Crippen molar-refractivity contribution in [1.82, 2.24) is 4.90 Å². The van der Waals surface area contributed by atoms with Gasteiger partial charge in [0.15, 0.2) is 0 Å². The molecule has 24 heavy (non-hydrogen) atoms. The molecule has 0 fully saturated rings. The van der Waals surface area contributed by atoms with Crippen LogP contribution in [-0.2, 0) is 24.3 Å². The van der Waals surface area contributed by atoms with Crippen molar-refractivity contribution in [1.29, 1.82) is 0 Å². The molecule has 1 unspecified atom stereocenters. The Hall–Kier alpha value is -2.13. The Kier molecular flexibility index (Phi) is 4.72. The van der Waals surface area contributed by atoms with Gasteiger partial charge in [-0.3, -0.25) is 9.69 Å². The van der Waals surface area contributed by atoms with Crippen LogP contribution in [0.3, 0.4) is 0 Å². The Labute approximate surface area is 144 Å². The Balaban J connectivity index is 1.95. The van der Waals surface area contributed by atoms with Crippen molar-refractivity contribution in [2.45, 2.75) is 52.7 Å². The minimum Gasteiger partial charge on any atom is -0.368 e. The zero-order valence-corrected chi connectivity index (χ0v) is 14.8. The van der Waals surface area contributed by atoms with Crippen LogP contribution in [0.4, 0.5) is 0 Å². The van der Waals surface area contributed by atoms with Gasteiger partial charge in [-0.2, -0.15) is 0 Å². The molecule has 3 nitrogen and oxygen atoms in total. The first-order valence-electron chi connectivity index (χ1n) is 8.62. The van der Waals surface area contributed by atoms with Crippen LogP contribution >= 0.6 is 0 Å². The average Bonchev–Trinajstić information content (AvgIpc) is 2.69. The number of benzene rings is 2. The second-order valence-corrected chi connectivity index (χ2v) is 7.01. The molecule has 3 heteroatoms. The predicted molar refractivity (Wildman–Crippen MR) is 97.6 cm³/mol. The van der Waals surface area contributed by atoms with E-state index in [1.807, 2.05) is 0 Å². The van der Waals surface area contributed by atoms with Crippen molar-refractivity contribution < 1.29 is 4.79 Å². The van der Waals surface area contributed by atoms with Crippen LogP contribution in [0, 0.1) is 20.8 Å². The summed E-state index contributed by atoms with van der Waals surface area (Å²) in [5.74, 6) is -0.217. The summed E-state index contributed by atoms with van der Waals surface area (Å²) >= 11 is 0. The van der Waals surface area contributed by atoms with Crippen LogP contribution in [0.2, 0.25) is 0 Å². The Morgan fingerprint density at radius 1 is 1.12 bits per heavy atom. The van der Waals surface area contributed by atoms with E-state index in [-0.39, 0.29) is 11.9 Å². The number of aryl methyl sites for hydroxylation is 4.